The van der Waals surface area contributed by atoms with Crippen LogP contribution in [0.4, 0.5) is 0 Å². The number of fused-ring (bicyclic) bond motifs is 2. The molecule has 3 heteroatoms. The monoisotopic (exact) mass is 281 g/mol. The van der Waals surface area contributed by atoms with Crippen LogP contribution in [-0.2, 0) is 12.8 Å². The summed E-state index contributed by atoms with van der Waals surface area (Å²) in [5, 5.41) is 13.2. The number of hydrogen-bond donors (Lipinski definition) is 2. The Hall–Kier alpha value is -2.00. The van der Waals surface area contributed by atoms with Crippen LogP contribution in [0.2, 0.25) is 0 Å². The van der Waals surface area contributed by atoms with E-state index in [-0.39, 0.29) is 6.10 Å². The van der Waals surface area contributed by atoms with Gasteiger partial charge in [-0.2, -0.15) is 0 Å². The van der Waals surface area contributed by atoms with Crippen molar-refractivity contribution >= 4 is 0 Å². The standard InChI is InChI=1S/C18H19NO2/c20-14-6-7-16-12(9-14)5-8-17(16)19-11-15-10-13-3-1-2-4-18(13)21-15/h1-4,6-7,9,15,17,19-20H,5,8,10-11H2. The zero-order chi connectivity index (χ0) is 14.2. The zero-order valence-corrected chi connectivity index (χ0v) is 11.9. The number of aromatic hydroxyl groups is 1. The Morgan fingerprint density at radius 1 is 1.14 bits per heavy atom. The molecule has 0 radical (unpaired) electrons. The second kappa shape index (κ2) is 5.08. The zero-order valence-electron chi connectivity index (χ0n) is 11.9. The van der Waals surface area contributed by atoms with Crippen molar-refractivity contribution < 1.29 is 9.84 Å². The van der Waals surface area contributed by atoms with Gasteiger partial charge in [0.25, 0.3) is 0 Å². The molecule has 0 fully saturated rings. The summed E-state index contributed by atoms with van der Waals surface area (Å²) in [5.74, 6) is 1.39. The van der Waals surface area contributed by atoms with Crippen LogP contribution in [0.15, 0.2) is 42.5 Å². The summed E-state index contributed by atoms with van der Waals surface area (Å²) in [5.41, 5.74) is 3.90. The Balaban J connectivity index is 1.40. The number of phenolic OH excluding ortho intramolecular Hbond substituents is 1. The smallest absolute Gasteiger partial charge is 0.123 e. The summed E-state index contributed by atoms with van der Waals surface area (Å²) in [6.45, 7) is 0.861. The minimum absolute atomic E-state index is 0.226. The summed E-state index contributed by atoms with van der Waals surface area (Å²) in [7, 11) is 0. The van der Waals surface area contributed by atoms with Gasteiger partial charge in [-0.3, -0.25) is 0 Å². The molecular weight excluding hydrogens is 262 g/mol. The summed E-state index contributed by atoms with van der Waals surface area (Å²) in [6, 6.07) is 14.4. The van der Waals surface area contributed by atoms with Crippen molar-refractivity contribution in [1.82, 2.24) is 5.32 Å². The predicted molar refractivity (Wildman–Crippen MR) is 81.7 cm³/mol. The van der Waals surface area contributed by atoms with Crippen molar-refractivity contribution in [2.24, 2.45) is 0 Å². The predicted octanol–water partition coefficient (Wildman–Crippen LogP) is 2.97. The molecule has 0 spiro atoms. The van der Waals surface area contributed by atoms with Gasteiger partial charge in [-0.15, -0.1) is 0 Å². The topological polar surface area (TPSA) is 41.5 Å². The highest BCUT2D eigenvalue weighted by atomic mass is 16.5. The van der Waals surface area contributed by atoms with E-state index in [0.717, 1.165) is 31.6 Å². The number of ether oxygens (including phenoxy) is 1. The molecule has 2 aliphatic rings. The summed E-state index contributed by atoms with van der Waals surface area (Å²) in [6.07, 6.45) is 3.34. The van der Waals surface area contributed by atoms with E-state index in [0.29, 0.717) is 11.8 Å². The Morgan fingerprint density at radius 3 is 2.95 bits per heavy atom. The van der Waals surface area contributed by atoms with Crippen molar-refractivity contribution in [3.63, 3.8) is 0 Å². The van der Waals surface area contributed by atoms with Gasteiger partial charge < -0.3 is 15.2 Å². The maximum Gasteiger partial charge on any atom is 0.123 e. The minimum atomic E-state index is 0.226. The lowest BCUT2D eigenvalue weighted by Crippen LogP contribution is -2.32. The van der Waals surface area contributed by atoms with E-state index in [1.807, 2.05) is 24.3 Å². The average molecular weight is 281 g/mol. The SMILES string of the molecule is Oc1ccc2c(c1)CCC2NCC1Cc2ccccc2O1. The van der Waals surface area contributed by atoms with Crippen molar-refractivity contribution in [3.8, 4) is 11.5 Å². The van der Waals surface area contributed by atoms with Crippen LogP contribution in [0, 0.1) is 0 Å². The van der Waals surface area contributed by atoms with Crippen molar-refractivity contribution in [3.05, 3.63) is 59.2 Å². The van der Waals surface area contributed by atoms with Gasteiger partial charge in [-0.1, -0.05) is 24.3 Å². The Kier molecular flexibility index (Phi) is 3.08. The molecule has 3 nitrogen and oxygen atoms in total. The van der Waals surface area contributed by atoms with Gasteiger partial charge >= 0.3 is 0 Å². The molecule has 108 valence electrons. The number of benzene rings is 2. The van der Waals surface area contributed by atoms with E-state index in [1.54, 1.807) is 6.07 Å². The lowest BCUT2D eigenvalue weighted by molar-refractivity contribution is 0.221. The normalized spacial score (nSPS) is 22.7. The molecule has 0 saturated heterocycles. The maximum atomic E-state index is 9.54. The Labute approximate surface area is 124 Å². The molecule has 0 bridgehead atoms. The largest absolute Gasteiger partial charge is 0.508 e. The summed E-state index contributed by atoms with van der Waals surface area (Å²) in [4.78, 5) is 0. The van der Waals surface area contributed by atoms with Crippen LogP contribution in [0.1, 0.15) is 29.2 Å². The molecule has 0 saturated carbocycles. The number of nitrogens with one attached hydrogen (secondary N) is 1. The first-order valence-electron chi connectivity index (χ1n) is 7.59. The average Bonchev–Trinajstić information content (AvgIpc) is 3.07. The maximum absolute atomic E-state index is 9.54. The first-order valence-corrected chi connectivity index (χ1v) is 7.59. The summed E-state index contributed by atoms with van der Waals surface area (Å²) >= 11 is 0. The molecule has 2 aromatic rings. The van der Waals surface area contributed by atoms with Gasteiger partial charge in [0.15, 0.2) is 0 Å². The van der Waals surface area contributed by atoms with Crippen LogP contribution in [0.25, 0.3) is 0 Å². The third-order valence-corrected chi connectivity index (χ3v) is 4.51. The molecule has 2 atom stereocenters. The molecule has 0 amide bonds. The van der Waals surface area contributed by atoms with Gasteiger partial charge in [-0.05, 0) is 47.7 Å². The van der Waals surface area contributed by atoms with Gasteiger partial charge in [0.2, 0.25) is 0 Å². The Morgan fingerprint density at radius 2 is 2.05 bits per heavy atom. The highest BCUT2D eigenvalue weighted by Crippen LogP contribution is 2.34. The molecule has 2 N–H and O–H groups in total. The minimum Gasteiger partial charge on any atom is -0.508 e. The van der Waals surface area contributed by atoms with Crippen molar-refractivity contribution in [2.75, 3.05) is 6.54 Å². The molecular formula is C18H19NO2. The van der Waals surface area contributed by atoms with Crippen molar-refractivity contribution in [1.29, 1.82) is 0 Å². The van der Waals surface area contributed by atoms with E-state index in [4.69, 9.17) is 4.74 Å². The Bertz CT molecular complexity index is 643. The molecule has 4 rings (SSSR count). The molecule has 2 aromatic carbocycles. The fourth-order valence-electron chi connectivity index (χ4n) is 3.46. The van der Waals surface area contributed by atoms with Gasteiger partial charge in [0.05, 0.1) is 0 Å². The highest BCUT2D eigenvalue weighted by molar-refractivity contribution is 5.40. The number of para-hydroxylation sites is 1. The lowest BCUT2D eigenvalue weighted by Gasteiger charge is -2.17. The van der Waals surface area contributed by atoms with Crippen molar-refractivity contribution in [2.45, 2.75) is 31.4 Å². The molecule has 1 aliphatic carbocycles. The second-order valence-corrected chi connectivity index (χ2v) is 5.93. The van der Waals surface area contributed by atoms with Gasteiger partial charge in [0.1, 0.15) is 17.6 Å². The number of hydrogen-bond acceptors (Lipinski definition) is 3. The molecule has 1 aliphatic heterocycles. The summed E-state index contributed by atoms with van der Waals surface area (Å²) < 4.78 is 5.97. The second-order valence-electron chi connectivity index (χ2n) is 5.93. The van der Waals surface area contributed by atoms with E-state index in [2.05, 4.69) is 17.4 Å². The molecule has 1 heterocycles. The van der Waals surface area contributed by atoms with Gasteiger partial charge in [0, 0.05) is 19.0 Å². The number of phenols is 1. The third-order valence-electron chi connectivity index (χ3n) is 4.51. The van der Waals surface area contributed by atoms with E-state index >= 15 is 0 Å². The highest BCUT2D eigenvalue weighted by Gasteiger charge is 2.26. The number of aryl methyl sites for hydroxylation is 1. The van der Waals surface area contributed by atoms with Crippen LogP contribution in [0.5, 0.6) is 11.5 Å². The van der Waals surface area contributed by atoms with Gasteiger partial charge in [-0.25, -0.2) is 0 Å². The third kappa shape index (κ3) is 2.38. The lowest BCUT2D eigenvalue weighted by atomic mass is 10.1. The quantitative estimate of drug-likeness (QED) is 0.909. The van der Waals surface area contributed by atoms with E-state index < -0.39 is 0 Å². The fourth-order valence-corrected chi connectivity index (χ4v) is 3.46. The van der Waals surface area contributed by atoms with Crippen LogP contribution in [0.3, 0.4) is 0 Å². The van der Waals surface area contributed by atoms with Crippen LogP contribution >= 0.6 is 0 Å². The number of rotatable bonds is 3. The van der Waals surface area contributed by atoms with Crippen LogP contribution < -0.4 is 10.1 Å². The van der Waals surface area contributed by atoms with E-state index in [1.165, 1.54) is 16.7 Å². The molecule has 2 unspecified atom stereocenters. The fraction of sp³-hybridized carbons (Fsp3) is 0.333. The van der Waals surface area contributed by atoms with E-state index in [9.17, 15) is 5.11 Å². The molecule has 0 aromatic heterocycles. The van der Waals surface area contributed by atoms with Crippen LogP contribution in [-0.4, -0.2) is 17.8 Å². The molecule has 21 heavy (non-hydrogen) atoms. The first kappa shape index (κ1) is 12.7. The first-order chi connectivity index (χ1) is 10.3.